The van der Waals surface area contributed by atoms with Crippen molar-refractivity contribution in [1.29, 1.82) is 0 Å². The highest BCUT2D eigenvalue weighted by molar-refractivity contribution is 5.98. The van der Waals surface area contributed by atoms with E-state index in [1.165, 1.54) is 0 Å². The Kier molecular flexibility index (Phi) is 3.52. The van der Waals surface area contributed by atoms with Crippen LogP contribution < -0.4 is 16.8 Å². The molecule has 5 nitrogen and oxygen atoms in total. The van der Waals surface area contributed by atoms with Gasteiger partial charge >= 0.3 is 6.09 Å². The summed E-state index contributed by atoms with van der Waals surface area (Å²) in [6, 6.07) is 11.8. The number of carbonyl (C=O) groups excluding carboxylic acids is 1. The van der Waals surface area contributed by atoms with E-state index in [-0.39, 0.29) is 6.61 Å². The SMILES string of the molecule is NC(=O)OCCNc1ccc2ccccc2c1N. The van der Waals surface area contributed by atoms with Crippen LogP contribution in [0.4, 0.5) is 16.2 Å². The standard InChI is InChI=1S/C13H15N3O2/c14-12-10-4-2-1-3-9(10)5-6-11(12)16-7-8-18-13(15)17/h1-6,16H,7-8,14H2,(H2,15,17). The van der Waals surface area contributed by atoms with Crippen molar-refractivity contribution in [2.45, 2.75) is 0 Å². The van der Waals surface area contributed by atoms with Gasteiger partial charge in [0, 0.05) is 11.9 Å². The zero-order chi connectivity index (χ0) is 13.0. The first kappa shape index (κ1) is 12.0. The fourth-order valence-electron chi connectivity index (χ4n) is 1.79. The fraction of sp³-hybridized carbons (Fsp3) is 0.154. The summed E-state index contributed by atoms with van der Waals surface area (Å²) in [5.74, 6) is 0. The van der Waals surface area contributed by atoms with Crippen molar-refractivity contribution in [2.75, 3.05) is 24.2 Å². The number of fused-ring (bicyclic) bond motifs is 1. The van der Waals surface area contributed by atoms with Gasteiger partial charge in [-0.05, 0) is 11.5 Å². The summed E-state index contributed by atoms with van der Waals surface area (Å²) in [5, 5.41) is 5.19. The topological polar surface area (TPSA) is 90.4 Å². The quantitative estimate of drug-likeness (QED) is 0.567. The molecule has 0 atom stereocenters. The zero-order valence-electron chi connectivity index (χ0n) is 9.85. The molecular formula is C13H15N3O2. The van der Waals surface area contributed by atoms with E-state index in [4.69, 9.17) is 11.5 Å². The van der Waals surface area contributed by atoms with Crippen LogP contribution in [0.25, 0.3) is 10.8 Å². The molecule has 0 bridgehead atoms. The molecule has 0 aliphatic carbocycles. The maximum atomic E-state index is 10.4. The van der Waals surface area contributed by atoms with Gasteiger partial charge in [0.25, 0.3) is 0 Å². The first-order valence-electron chi connectivity index (χ1n) is 5.62. The third-order valence-electron chi connectivity index (χ3n) is 2.63. The zero-order valence-corrected chi connectivity index (χ0v) is 9.85. The molecule has 0 unspecified atom stereocenters. The van der Waals surface area contributed by atoms with Crippen molar-refractivity contribution in [2.24, 2.45) is 5.73 Å². The minimum atomic E-state index is -0.775. The molecule has 94 valence electrons. The number of benzene rings is 2. The third kappa shape index (κ3) is 2.63. The van der Waals surface area contributed by atoms with Crippen LogP contribution in [0.3, 0.4) is 0 Å². The molecule has 18 heavy (non-hydrogen) atoms. The number of rotatable bonds is 4. The molecule has 0 aliphatic rings. The van der Waals surface area contributed by atoms with Crippen molar-refractivity contribution >= 4 is 28.2 Å². The van der Waals surface area contributed by atoms with Gasteiger partial charge in [-0.25, -0.2) is 4.79 Å². The molecule has 0 aliphatic heterocycles. The molecule has 1 amide bonds. The summed E-state index contributed by atoms with van der Waals surface area (Å²) >= 11 is 0. The second-order valence-electron chi connectivity index (χ2n) is 3.84. The van der Waals surface area contributed by atoms with Crippen LogP contribution in [0.15, 0.2) is 36.4 Å². The van der Waals surface area contributed by atoms with Gasteiger partial charge in [0.15, 0.2) is 0 Å². The molecule has 0 fully saturated rings. The number of ether oxygens (including phenoxy) is 1. The first-order valence-corrected chi connectivity index (χ1v) is 5.62. The smallest absolute Gasteiger partial charge is 0.404 e. The number of anilines is 2. The number of primary amides is 1. The Labute approximate surface area is 105 Å². The molecule has 0 heterocycles. The van der Waals surface area contributed by atoms with Crippen molar-refractivity contribution in [3.05, 3.63) is 36.4 Å². The molecule has 0 aromatic heterocycles. The van der Waals surface area contributed by atoms with E-state index in [2.05, 4.69) is 10.1 Å². The highest BCUT2D eigenvalue weighted by Gasteiger charge is 2.03. The van der Waals surface area contributed by atoms with Gasteiger partial charge in [-0.1, -0.05) is 30.3 Å². The van der Waals surface area contributed by atoms with E-state index in [0.717, 1.165) is 16.5 Å². The van der Waals surface area contributed by atoms with Crippen molar-refractivity contribution in [3.63, 3.8) is 0 Å². The van der Waals surface area contributed by atoms with Gasteiger partial charge in [-0.15, -0.1) is 0 Å². The molecule has 2 rings (SSSR count). The lowest BCUT2D eigenvalue weighted by Gasteiger charge is -2.11. The molecular weight excluding hydrogens is 230 g/mol. The van der Waals surface area contributed by atoms with Crippen LogP contribution in [-0.4, -0.2) is 19.2 Å². The summed E-state index contributed by atoms with van der Waals surface area (Å²) in [5.41, 5.74) is 12.4. The van der Waals surface area contributed by atoms with Gasteiger partial charge in [0.1, 0.15) is 6.61 Å². The summed E-state index contributed by atoms with van der Waals surface area (Å²) in [4.78, 5) is 10.4. The van der Waals surface area contributed by atoms with E-state index in [9.17, 15) is 4.79 Å². The van der Waals surface area contributed by atoms with Crippen molar-refractivity contribution < 1.29 is 9.53 Å². The van der Waals surface area contributed by atoms with Crippen LogP contribution in [0.2, 0.25) is 0 Å². The van der Waals surface area contributed by atoms with Gasteiger partial charge < -0.3 is 21.5 Å². The van der Waals surface area contributed by atoms with Crippen molar-refractivity contribution in [1.82, 2.24) is 0 Å². The number of amides is 1. The number of carbonyl (C=O) groups is 1. The van der Waals surface area contributed by atoms with E-state index < -0.39 is 6.09 Å². The van der Waals surface area contributed by atoms with Gasteiger partial charge in [0.2, 0.25) is 0 Å². The molecule has 0 saturated heterocycles. The minimum Gasteiger partial charge on any atom is -0.448 e. The Morgan fingerprint density at radius 3 is 2.78 bits per heavy atom. The lowest BCUT2D eigenvalue weighted by atomic mass is 10.1. The Balaban J connectivity index is 2.09. The highest BCUT2D eigenvalue weighted by atomic mass is 16.5. The van der Waals surface area contributed by atoms with E-state index >= 15 is 0 Å². The molecule has 2 aromatic rings. The maximum Gasteiger partial charge on any atom is 0.404 e. The maximum absolute atomic E-state index is 10.4. The Morgan fingerprint density at radius 1 is 1.22 bits per heavy atom. The molecule has 5 heteroatoms. The summed E-state index contributed by atoms with van der Waals surface area (Å²) in [7, 11) is 0. The second-order valence-corrected chi connectivity index (χ2v) is 3.84. The number of hydrogen-bond acceptors (Lipinski definition) is 4. The first-order chi connectivity index (χ1) is 8.68. The second kappa shape index (κ2) is 5.27. The highest BCUT2D eigenvalue weighted by Crippen LogP contribution is 2.28. The van der Waals surface area contributed by atoms with Crippen LogP contribution >= 0.6 is 0 Å². The third-order valence-corrected chi connectivity index (χ3v) is 2.63. The van der Waals surface area contributed by atoms with Gasteiger partial charge in [-0.3, -0.25) is 0 Å². The number of nitrogens with one attached hydrogen (secondary N) is 1. The van der Waals surface area contributed by atoms with E-state index in [0.29, 0.717) is 12.2 Å². The van der Waals surface area contributed by atoms with E-state index in [1.807, 2.05) is 36.4 Å². The normalized spacial score (nSPS) is 10.2. The van der Waals surface area contributed by atoms with Gasteiger partial charge in [0.05, 0.1) is 11.4 Å². The van der Waals surface area contributed by atoms with Crippen LogP contribution in [0.1, 0.15) is 0 Å². The number of hydrogen-bond donors (Lipinski definition) is 3. The Hall–Kier alpha value is -2.43. The van der Waals surface area contributed by atoms with Gasteiger partial charge in [-0.2, -0.15) is 0 Å². The Bertz CT molecular complexity index is 569. The van der Waals surface area contributed by atoms with E-state index in [1.54, 1.807) is 0 Å². The number of nitrogens with two attached hydrogens (primary N) is 2. The molecule has 5 N–H and O–H groups in total. The summed E-state index contributed by atoms with van der Waals surface area (Å²) in [6.07, 6.45) is -0.775. The monoisotopic (exact) mass is 245 g/mol. The largest absolute Gasteiger partial charge is 0.448 e. The molecule has 2 aromatic carbocycles. The lowest BCUT2D eigenvalue weighted by molar-refractivity contribution is 0.161. The molecule has 0 radical (unpaired) electrons. The average Bonchev–Trinajstić information content (AvgIpc) is 2.37. The average molecular weight is 245 g/mol. The van der Waals surface area contributed by atoms with Crippen molar-refractivity contribution in [3.8, 4) is 0 Å². The fourth-order valence-corrected chi connectivity index (χ4v) is 1.79. The Morgan fingerprint density at radius 2 is 2.00 bits per heavy atom. The minimum absolute atomic E-state index is 0.210. The molecule has 0 saturated carbocycles. The number of nitrogen functional groups attached to an aromatic ring is 1. The lowest BCUT2D eigenvalue weighted by Crippen LogP contribution is -2.18. The predicted molar refractivity (Wildman–Crippen MR) is 72.4 cm³/mol. The van der Waals surface area contributed by atoms with Crippen LogP contribution in [-0.2, 0) is 4.74 Å². The van der Waals surface area contributed by atoms with Crippen LogP contribution in [0.5, 0.6) is 0 Å². The summed E-state index contributed by atoms with van der Waals surface area (Å²) in [6.45, 7) is 0.674. The summed E-state index contributed by atoms with van der Waals surface area (Å²) < 4.78 is 4.63. The molecule has 0 spiro atoms. The van der Waals surface area contributed by atoms with Crippen LogP contribution in [0, 0.1) is 0 Å². The predicted octanol–water partition coefficient (Wildman–Crippen LogP) is 1.93.